The predicted molar refractivity (Wildman–Crippen MR) is 139 cm³/mol. The first-order chi connectivity index (χ1) is 18.1. The number of hydrogen-bond donors (Lipinski definition) is 0. The molecule has 0 spiro atoms. The molecule has 0 aliphatic carbocycles. The highest BCUT2D eigenvalue weighted by atomic mass is 19.4. The molecule has 206 valence electrons. The van der Waals surface area contributed by atoms with Crippen molar-refractivity contribution in [1.82, 2.24) is 14.5 Å². The van der Waals surface area contributed by atoms with E-state index in [2.05, 4.69) is 16.2 Å². The Kier molecular flexibility index (Phi) is 8.38. The standard InChI is InChI=1S/C28H34F3N3O4/c1-5-20(17-37-27(35)33-12-8-6-7-9-13-33)34-16-19(3)26-23(34)14-18(2)25(32-26)22-11-10-21(15-24(22)36-4)38-28(29,30)31/h10-11,14-16,20H,5-9,12-13,17H2,1-4H3/t20-/m0/s1. The molecule has 0 bridgehead atoms. The molecule has 4 rings (SSSR count). The molecule has 1 aliphatic heterocycles. The topological polar surface area (TPSA) is 65.8 Å². The zero-order chi connectivity index (χ0) is 27.4. The molecule has 1 atom stereocenters. The van der Waals surface area contributed by atoms with Crippen LogP contribution in [0.4, 0.5) is 18.0 Å². The van der Waals surface area contributed by atoms with Gasteiger partial charge in [-0.1, -0.05) is 19.8 Å². The fourth-order valence-electron chi connectivity index (χ4n) is 4.97. The summed E-state index contributed by atoms with van der Waals surface area (Å²) in [4.78, 5) is 19.4. The van der Waals surface area contributed by atoms with Crippen LogP contribution in [0.1, 0.15) is 56.2 Å². The Labute approximate surface area is 220 Å². The molecule has 2 aromatic heterocycles. The van der Waals surface area contributed by atoms with E-state index in [0.717, 1.165) is 67.4 Å². The first-order valence-electron chi connectivity index (χ1n) is 13.0. The number of pyridine rings is 1. The lowest BCUT2D eigenvalue weighted by atomic mass is 10.0. The number of methoxy groups -OCH3 is 1. The molecular formula is C28H34F3N3O4. The molecule has 3 aromatic rings. The summed E-state index contributed by atoms with van der Waals surface area (Å²) >= 11 is 0. The molecule has 0 saturated carbocycles. The van der Waals surface area contributed by atoms with Gasteiger partial charge in [-0.2, -0.15) is 0 Å². The lowest BCUT2D eigenvalue weighted by Gasteiger charge is -2.23. The number of rotatable bonds is 7. The van der Waals surface area contributed by atoms with Gasteiger partial charge in [0.25, 0.3) is 0 Å². The monoisotopic (exact) mass is 533 g/mol. The average Bonchev–Trinajstić information content (AvgIpc) is 3.04. The normalized spacial score (nSPS) is 15.3. The summed E-state index contributed by atoms with van der Waals surface area (Å²) < 4.78 is 55.3. The molecule has 38 heavy (non-hydrogen) atoms. The fourth-order valence-corrected chi connectivity index (χ4v) is 4.97. The number of likely N-dealkylation sites (tertiary alicyclic amines) is 1. The third-order valence-electron chi connectivity index (χ3n) is 6.97. The van der Waals surface area contributed by atoms with Gasteiger partial charge in [-0.15, -0.1) is 13.2 Å². The van der Waals surface area contributed by atoms with E-state index in [1.807, 2.05) is 26.1 Å². The van der Waals surface area contributed by atoms with Crippen molar-refractivity contribution in [2.75, 3.05) is 26.8 Å². The number of aryl methyl sites for hydroxylation is 2. The lowest BCUT2D eigenvalue weighted by Crippen LogP contribution is -2.33. The van der Waals surface area contributed by atoms with Crippen LogP contribution in [0.5, 0.6) is 11.5 Å². The SMILES string of the molecule is CC[C@@H](COC(=O)N1CCCCCC1)n1cc(C)c2nc(-c3ccc(OC(F)(F)F)cc3OC)c(C)cc21. The fraction of sp³-hybridized carbons (Fsp3) is 0.500. The first kappa shape index (κ1) is 27.6. The highest BCUT2D eigenvalue weighted by Gasteiger charge is 2.31. The minimum absolute atomic E-state index is 0.0671. The second-order valence-electron chi connectivity index (χ2n) is 9.69. The Morgan fingerprint density at radius 1 is 1.08 bits per heavy atom. The molecule has 1 saturated heterocycles. The van der Waals surface area contributed by atoms with Crippen LogP contribution in [-0.2, 0) is 4.74 Å². The van der Waals surface area contributed by atoms with E-state index in [-0.39, 0.29) is 30.2 Å². The predicted octanol–water partition coefficient (Wildman–Crippen LogP) is 7.19. The maximum atomic E-state index is 12.7. The summed E-state index contributed by atoms with van der Waals surface area (Å²) in [6.45, 7) is 7.63. The van der Waals surface area contributed by atoms with Gasteiger partial charge in [0.2, 0.25) is 0 Å². The smallest absolute Gasteiger partial charge is 0.496 e. The molecule has 1 aliphatic rings. The van der Waals surface area contributed by atoms with E-state index >= 15 is 0 Å². The zero-order valence-corrected chi connectivity index (χ0v) is 22.2. The molecule has 7 nitrogen and oxygen atoms in total. The molecule has 0 N–H and O–H groups in total. The van der Waals surface area contributed by atoms with Gasteiger partial charge in [0, 0.05) is 30.9 Å². The summed E-state index contributed by atoms with van der Waals surface area (Å²) in [7, 11) is 1.39. The number of ether oxygens (including phenoxy) is 3. The Bertz CT molecular complexity index is 1280. The number of benzene rings is 1. The molecule has 10 heteroatoms. The average molecular weight is 534 g/mol. The van der Waals surface area contributed by atoms with E-state index in [0.29, 0.717) is 11.3 Å². The summed E-state index contributed by atoms with van der Waals surface area (Å²) in [6.07, 6.45) is 1.99. The van der Waals surface area contributed by atoms with Gasteiger partial charge < -0.3 is 23.7 Å². The molecule has 1 amide bonds. The molecule has 1 aromatic carbocycles. The maximum Gasteiger partial charge on any atom is 0.573 e. The van der Waals surface area contributed by atoms with Crippen molar-refractivity contribution in [3.05, 3.63) is 41.6 Å². The molecule has 0 unspecified atom stereocenters. The van der Waals surface area contributed by atoms with E-state index in [9.17, 15) is 18.0 Å². The van der Waals surface area contributed by atoms with Crippen molar-refractivity contribution >= 4 is 17.1 Å². The van der Waals surface area contributed by atoms with Crippen LogP contribution in [0.15, 0.2) is 30.5 Å². The maximum absolute atomic E-state index is 12.7. The number of hydrogen-bond acceptors (Lipinski definition) is 5. The second-order valence-corrected chi connectivity index (χ2v) is 9.69. The minimum Gasteiger partial charge on any atom is -0.496 e. The van der Waals surface area contributed by atoms with E-state index in [4.69, 9.17) is 14.5 Å². The van der Waals surface area contributed by atoms with E-state index in [1.165, 1.54) is 25.3 Å². The highest BCUT2D eigenvalue weighted by molar-refractivity contribution is 5.85. The number of amides is 1. The number of halogens is 3. The largest absolute Gasteiger partial charge is 0.573 e. The zero-order valence-electron chi connectivity index (χ0n) is 22.2. The summed E-state index contributed by atoms with van der Waals surface area (Å²) in [5.74, 6) is -0.134. The number of carbonyl (C=O) groups excluding carboxylic acids is 1. The Morgan fingerprint density at radius 2 is 1.79 bits per heavy atom. The third-order valence-corrected chi connectivity index (χ3v) is 6.97. The van der Waals surface area contributed by atoms with Crippen molar-refractivity contribution in [2.24, 2.45) is 0 Å². The number of nitrogens with zero attached hydrogens (tertiary/aromatic N) is 3. The van der Waals surface area contributed by atoms with Gasteiger partial charge in [0.15, 0.2) is 0 Å². The number of carbonyl (C=O) groups is 1. The second kappa shape index (κ2) is 11.5. The van der Waals surface area contributed by atoms with Gasteiger partial charge >= 0.3 is 12.5 Å². The molecule has 3 heterocycles. The van der Waals surface area contributed by atoms with Gasteiger partial charge in [-0.25, -0.2) is 9.78 Å². The van der Waals surface area contributed by atoms with E-state index in [1.54, 1.807) is 4.90 Å². The van der Waals surface area contributed by atoms with Crippen LogP contribution < -0.4 is 9.47 Å². The summed E-state index contributed by atoms with van der Waals surface area (Å²) in [5.41, 5.74) is 4.60. The third kappa shape index (κ3) is 6.16. The number of fused-ring (bicyclic) bond motifs is 1. The van der Waals surface area contributed by atoms with Crippen LogP contribution >= 0.6 is 0 Å². The summed E-state index contributed by atoms with van der Waals surface area (Å²) in [5, 5.41) is 0. The quantitative estimate of drug-likeness (QED) is 0.322. The highest BCUT2D eigenvalue weighted by Crippen LogP contribution is 2.37. The van der Waals surface area contributed by atoms with Gasteiger partial charge in [-0.3, -0.25) is 0 Å². The summed E-state index contributed by atoms with van der Waals surface area (Å²) in [6, 6.07) is 5.91. The van der Waals surface area contributed by atoms with Crippen molar-refractivity contribution in [2.45, 2.75) is 65.3 Å². The van der Waals surface area contributed by atoms with Crippen molar-refractivity contribution in [3.63, 3.8) is 0 Å². The van der Waals surface area contributed by atoms with Gasteiger partial charge in [0.1, 0.15) is 18.1 Å². The lowest BCUT2D eigenvalue weighted by molar-refractivity contribution is -0.274. The van der Waals surface area contributed by atoms with Crippen molar-refractivity contribution < 1.29 is 32.2 Å². The van der Waals surface area contributed by atoms with E-state index < -0.39 is 6.36 Å². The van der Waals surface area contributed by atoms with Crippen molar-refractivity contribution in [1.29, 1.82) is 0 Å². The van der Waals surface area contributed by atoms with Crippen molar-refractivity contribution in [3.8, 4) is 22.8 Å². The van der Waals surface area contributed by atoms with Crippen LogP contribution in [0.2, 0.25) is 0 Å². The first-order valence-corrected chi connectivity index (χ1v) is 13.0. The molecule has 0 radical (unpaired) electrons. The van der Waals surface area contributed by atoms with Crippen LogP contribution in [0.3, 0.4) is 0 Å². The minimum atomic E-state index is -4.79. The van der Waals surface area contributed by atoms with Gasteiger partial charge in [-0.05, 0) is 62.4 Å². The Morgan fingerprint density at radius 3 is 2.42 bits per heavy atom. The molecule has 1 fully saturated rings. The Hall–Kier alpha value is -3.43. The number of alkyl halides is 3. The Balaban J connectivity index is 1.61. The molecular weight excluding hydrogens is 499 g/mol. The van der Waals surface area contributed by atoms with Crippen LogP contribution in [0.25, 0.3) is 22.3 Å². The van der Waals surface area contributed by atoms with Crippen LogP contribution in [-0.4, -0.2) is 53.7 Å². The van der Waals surface area contributed by atoms with Gasteiger partial charge in [0.05, 0.1) is 29.9 Å². The van der Waals surface area contributed by atoms with Crippen LogP contribution in [0, 0.1) is 13.8 Å². The number of aromatic nitrogens is 2.